The first kappa shape index (κ1) is 15.0. The molecule has 0 heterocycles. The molecule has 1 N–H and O–H groups in total. The van der Waals surface area contributed by atoms with Crippen molar-refractivity contribution in [1.82, 2.24) is 0 Å². The number of carbonyl (C=O) groups is 2. The van der Waals surface area contributed by atoms with Gasteiger partial charge in [-0.25, -0.2) is 0 Å². The average molecular weight is 258 g/mol. The van der Waals surface area contributed by atoms with Crippen molar-refractivity contribution in [3.8, 4) is 0 Å². The van der Waals surface area contributed by atoms with Gasteiger partial charge in [0.05, 0.1) is 19.8 Å². The fourth-order valence-corrected chi connectivity index (χ4v) is 2.16. The lowest BCUT2D eigenvalue weighted by atomic mass is 9.73. The summed E-state index contributed by atoms with van der Waals surface area (Å²) in [6, 6.07) is 0. The van der Waals surface area contributed by atoms with Gasteiger partial charge < -0.3 is 14.6 Å². The molecule has 0 bridgehead atoms. The van der Waals surface area contributed by atoms with E-state index >= 15 is 0 Å². The summed E-state index contributed by atoms with van der Waals surface area (Å²) in [5.41, 5.74) is -1.22. The fourth-order valence-electron chi connectivity index (χ4n) is 2.16. The second-order valence-electron chi connectivity index (χ2n) is 5.30. The molecule has 0 aromatic rings. The minimum atomic E-state index is -1.22. The molecule has 0 aliphatic heterocycles. The zero-order valence-electron chi connectivity index (χ0n) is 11.3. The maximum Gasteiger partial charge on any atom is 0.323 e. The van der Waals surface area contributed by atoms with Crippen LogP contribution in [0.4, 0.5) is 0 Å². The lowest BCUT2D eigenvalue weighted by Gasteiger charge is -2.34. The summed E-state index contributed by atoms with van der Waals surface area (Å²) in [6.45, 7) is 4.16. The first-order chi connectivity index (χ1) is 8.42. The van der Waals surface area contributed by atoms with Gasteiger partial charge in [-0.2, -0.15) is 0 Å². The van der Waals surface area contributed by atoms with Gasteiger partial charge in [0.1, 0.15) is 0 Å². The van der Waals surface area contributed by atoms with E-state index in [4.69, 9.17) is 9.47 Å². The highest BCUT2D eigenvalue weighted by atomic mass is 16.6. The van der Waals surface area contributed by atoms with Crippen LogP contribution in [0.2, 0.25) is 0 Å². The van der Waals surface area contributed by atoms with Gasteiger partial charge in [0.25, 0.3) is 0 Å². The molecule has 0 unspecified atom stereocenters. The van der Waals surface area contributed by atoms with E-state index in [0.29, 0.717) is 19.4 Å². The Labute approximate surface area is 107 Å². The molecule has 1 aliphatic carbocycles. The number of carbonyl (C=O) groups excluding carboxylic acids is 2. The number of hydrogen-bond donors (Lipinski definition) is 1. The van der Waals surface area contributed by atoms with Gasteiger partial charge in [0.15, 0.2) is 5.41 Å². The van der Waals surface area contributed by atoms with E-state index in [1.165, 1.54) is 7.11 Å². The second-order valence-corrected chi connectivity index (χ2v) is 5.30. The minimum absolute atomic E-state index is 0.220. The molecule has 5 heteroatoms. The molecule has 104 valence electrons. The van der Waals surface area contributed by atoms with E-state index < -0.39 is 23.5 Å². The summed E-state index contributed by atoms with van der Waals surface area (Å²) in [7, 11) is 1.27. The smallest absolute Gasteiger partial charge is 0.323 e. The number of aliphatic hydroxyl groups excluding tert-OH is 1. The molecular formula is C13H22O5. The number of aliphatic hydroxyl groups is 1. The third-order valence-corrected chi connectivity index (χ3v) is 3.32. The summed E-state index contributed by atoms with van der Waals surface area (Å²) in [4.78, 5) is 24.0. The molecule has 5 nitrogen and oxygen atoms in total. The molecule has 18 heavy (non-hydrogen) atoms. The van der Waals surface area contributed by atoms with Crippen LogP contribution >= 0.6 is 0 Å². The molecule has 1 rings (SSSR count). The number of methoxy groups -OCH3 is 1. The van der Waals surface area contributed by atoms with Crippen molar-refractivity contribution < 1.29 is 24.2 Å². The summed E-state index contributed by atoms with van der Waals surface area (Å²) in [5.74, 6) is -0.851. The van der Waals surface area contributed by atoms with Crippen molar-refractivity contribution >= 4 is 11.9 Å². The van der Waals surface area contributed by atoms with Gasteiger partial charge >= 0.3 is 11.9 Å². The van der Waals surface area contributed by atoms with Gasteiger partial charge in [0, 0.05) is 0 Å². The third-order valence-electron chi connectivity index (χ3n) is 3.32. The standard InChI is InChI=1S/C13H22O5/c1-9(2)8-18-12(16)13(11(15)17-3)6-4-10(14)5-7-13/h9-10,14H,4-8H2,1-3H3/t10-,13-. The quantitative estimate of drug-likeness (QED) is 0.607. The lowest BCUT2D eigenvalue weighted by Crippen LogP contribution is -2.45. The maximum atomic E-state index is 12.1. The predicted octanol–water partition coefficient (Wildman–Crippen LogP) is 1.28. The van der Waals surface area contributed by atoms with E-state index in [9.17, 15) is 14.7 Å². The first-order valence-corrected chi connectivity index (χ1v) is 6.36. The van der Waals surface area contributed by atoms with Crippen LogP contribution < -0.4 is 0 Å². The van der Waals surface area contributed by atoms with Crippen molar-refractivity contribution in [2.24, 2.45) is 11.3 Å². The Kier molecular flexibility index (Phi) is 5.14. The van der Waals surface area contributed by atoms with E-state index in [0.717, 1.165) is 0 Å². The second kappa shape index (κ2) is 6.18. The van der Waals surface area contributed by atoms with Gasteiger partial charge in [-0.15, -0.1) is 0 Å². The molecule has 0 aromatic heterocycles. The summed E-state index contributed by atoms with van der Waals surface area (Å²) in [5, 5.41) is 9.49. The van der Waals surface area contributed by atoms with E-state index in [1.807, 2.05) is 13.8 Å². The minimum Gasteiger partial charge on any atom is -0.468 e. The Morgan fingerprint density at radius 2 is 1.83 bits per heavy atom. The Morgan fingerprint density at radius 1 is 1.28 bits per heavy atom. The van der Waals surface area contributed by atoms with E-state index in [1.54, 1.807) is 0 Å². The monoisotopic (exact) mass is 258 g/mol. The van der Waals surface area contributed by atoms with E-state index in [2.05, 4.69) is 0 Å². The van der Waals surface area contributed by atoms with Gasteiger partial charge in [0.2, 0.25) is 0 Å². The SMILES string of the molecule is COC(=O)[C@]1(C(=O)OCC(C)C)CC[C@H](O)CC1. The van der Waals surface area contributed by atoms with E-state index in [-0.39, 0.29) is 18.8 Å². The molecule has 1 aliphatic rings. The van der Waals surface area contributed by atoms with Crippen LogP contribution in [0.3, 0.4) is 0 Å². The first-order valence-electron chi connectivity index (χ1n) is 6.36. The van der Waals surface area contributed by atoms with Gasteiger partial charge in [-0.3, -0.25) is 9.59 Å². The van der Waals surface area contributed by atoms with Crippen LogP contribution in [0.5, 0.6) is 0 Å². The van der Waals surface area contributed by atoms with Crippen molar-refractivity contribution in [2.45, 2.75) is 45.6 Å². The Balaban J connectivity index is 2.78. The molecule has 1 saturated carbocycles. The van der Waals surface area contributed by atoms with Crippen molar-refractivity contribution in [2.75, 3.05) is 13.7 Å². The van der Waals surface area contributed by atoms with Crippen LogP contribution in [0.15, 0.2) is 0 Å². The third kappa shape index (κ3) is 3.22. The molecule has 0 amide bonds. The number of rotatable bonds is 4. The highest BCUT2D eigenvalue weighted by Crippen LogP contribution is 2.38. The summed E-state index contributed by atoms with van der Waals surface area (Å²) >= 11 is 0. The van der Waals surface area contributed by atoms with Crippen LogP contribution in [0.1, 0.15) is 39.5 Å². The predicted molar refractivity (Wildman–Crippen MR) is 64.7 cm³/mol. The Morgan fingerprint density at radius 3 is 2.28 bits per heavy atom. The van der Waals surface area contributed by atoms with Gasteiger partial charge in [-0.05, 0) is 31.6 Å². The number of hydrogen-bond acceptors (Lipinski definition) is 5. The lowest BCUT2D eigenvalue weighted by molar-refractivity contribution is -0.175. The van der Waals surface area contributed by atoms with Crippen LogP contribution in [0, 0.1) is 11.3 Å². The average Bonchev–Trinajstić information content (AvgIpc) is 2.36. The molecular weight excluding hydrogens is 236 g/mol. The highest BCUT2D eigenvalue weighted by Gasteiger charge is 2.50. The molecule has 0 spiro atoms. The number of ether oxygens (including phenoxy) is 2. The maximum absolute atomic E-state index is 12.1. The summed E-state index contributed by atoms with van der Waals surface area (Å²) in [6.07, 6.45) is 0.980. The Hall–Kier alpha value is -1.10. The molecule has 0 radical (unpaired) electrons. The van der Waals surface area contributed by atoms with Crippen LogP contribution in [0.25, 0.3) is 0 Å². The largest absolute Gasteiger partial charge is 0.468 e. The van der Waals surface area contributed by atoms with Gasteiger partial charge in [-0.1, -0.05) is 13.8 Å². The fraction of sp³-hybridized carbons (Fsp3) is 0.846. The molecule has 0 saturated heterocycles. The Bertz CT molecular complexity index is 303. The molecule has 0 atom stereocenters. The molecule has 1 fully saturated rings. The normalized spacial score (nSPS) is 27.9. The topological polar surface area (TPSA) is 72.8 Å². The van der Waals surface area contributed by atoms with Crippen molar-refractivity contribution in [1.29, 1.82) is 0 Å². The van der Waals surface area contributed by atoms with Crippen molar-refractivity contribution in [3.63, 3.8) is 0 Å². The van der Waals surface area contributed by atoms with Crippen molar-refractivity contribution in [3.05, 3.63) is 0 Å². The zero-order valence-corrected chi connectivity index (χ0v) is 11.3. The highest BCUT2D eigenvalue weighted by molar-refractivity contribution is 6.00. The van der Waals surface area contributed by atoms with Crippen LogP contribution in [-0.4, -0.2) is 36.9 Å². The van der Waals surface area contributed by atoms with Crippen LogP contribution in [-0.2, 0) is 19.1 Å². The molecule has 0 aromatic carbocycles. The number of esters is 2. The zero-order chi connectivity index (χ0) is 13.8. The summed E-state index contributed by atoms with van der Waals surface area (Å²) < 4.78 is 9.92.